The summed E-state index contributed by atoms with van der Waals surface area (Å²) >= 11 is 6.03. The van der Waals surface area contributed by atoms with Crippen molar-refractivity contribution in [2.75, 3.05) is 19.4 Å². The number of amides is 1. The van der Waals surface area contributed by atoms with Crippen LogP contribution in [0.3, 0.4) is 0 Å². The van der Waals surface area contributed by atoms with E-state index in [1.165, 1.54) is 32.3 Å². The fourth-order valence-electron chi connectivity index (χ4n) is 2.51. The van der Waals surface area contributed by atoms with Gasteiger partial charge >= 0.3 is 0 Å². The summed E-state index contributed by atoms with van der Waals surface area (Å²) in [6, 6.07) is 9.26. The van der Waals surface area contributed by atoms with Crippen molar-refractivity contribution in [1.29, 1.82) is 0 Å². The fourth-order valence-corrected chi connectivity index (χ4v) is 3.91. The van der Waals surface area contributed by atoms with Gasteiger partial charge in [-0.25, -0.2) is 17.7 Å². The first-order valence-corrected chi connectivity index (χ1v) is 10.4. The lowest BCUT2D eigenvalue weighted by molar-refractivity contribution is 0.102. The third kappa shape index (κ3) is 3.89. The van der Waals surface area contributed by atoms with E-state index < -0.39 is 15.9 Å². The lowest BCUT2D eigenvalue weighted by atomic mass is 10.2. The first kappa shape index (κ1) is 20.3. The highest BCUT2D eigenvalue weighted by molar-refractivity contribution is 7.89. The minimum atomic E-state index is -3.77. The Labute approximate surface area is 168 Å². The molecule has 148 valence electrons. The van der Waals surface area contributed by atoms with Gasteiger partial charge in [-0.2, -0.15) is 0 Å². The van der Waals surface area contributed by atoms with Crippen LogP contribution in [0, 0.1) is 0 Å². The van der Waals surface area contributed by atoms with Gasteiger partial charge in [-0.15, -0.1) is 0 Å². The highest BCUT2D eigenvalue weighted by Crippen LogP contribution is 2.26. The first-order chi connectivity index (χ1) is 13.1. The molecule has 9 heteroatoms. The molecule has 2 aromatic carbocycles. The lowest BCUT2D eigenvalue weighted by Crippen LogP contribution is -2.23. The Morgan fingerprint density at radius 3 is 2.54 bits per heavy atom. The van der Waals surface area contributed by atoms with Crippen LogP contribution in [0.25, 0.3) is 11.1 Å². The predicted octanol–water partition coefficient (Wildman–Crippen LogP) is 4.11. The van der Waals surface area contributed by atoms with E-state index in [2.05, 4.69) is 10.3 Å². The SMILES string of the molecule is CC(C)c1nc2cc(NC(=O)c3ccc(Cl)c(S(=O)(=O)N(C)C)c3)ccc2o1. The molecule has 0 aliphatic rings. The number of nitrogens with zero attached hydrogens (tertiary/aromatic N) is 2. The molecule has 1 N–H and O–H groups in total. The molecule has 1 heterocycles. The third-order valence-electron chi connectivity index (χ3n) is 4.11. The van der Waals surface area contributed by atoms with Crippen LogP contribution in [0.15, 0.2) is 45.7 Å². The van der Waals surface area contributed by atoms with E-state index in [1.807, 2.05) is 13.8 Å². The van der Waals surface area contributed by atoms with E-state index in [-0.39, 0.29) is 21.4 Å². The number of carbonyl (C=O) groups excluding carboxylic acids is 1. The molecule has 0 unspecified atom stereocenters. The summed E-state index contributed by atoms with van der Waals surface area (Å²) < 4.78 is 31.5. The standard InChI is InChI=1S/C19H20ClN3O4S/c1-11(2)19-22-15-10-13(6-8-16(15)27-19)21-18(24)12-5-7-14(20)17(9-12)28(25,26)23(3)4/h5-11H,1-4H3,(H,21,24). The molecule has 0 fully saturated rings. The highest BCUT2D eigenvalue weighted by Gasteiger charge is 2.22. The molecule has 28 heavy (non-hydrogen) atoms. The van der Waals surface area contributed by atoms with Crippen LogP contribution in [-0.2, 0) is 10.0 Å². The predicted molar refractivity (Wildman–Crippen MR) is 108 cm³/mol. The number of aromatic nitrogens is 1. The monoisotopic (exact) mass is 421 g/mol. The number of rotatable bonds is 5. The van der Waals surface area contributed by atoms with E-state index in [1.54, 1.807) is 18.2 Å². The lowest BCUT2D eigenvalue weighted by Gasteiger charge is -2.14. The second-order valence-electron chi connectivity index (χ2n) is 6.78. The molecular weight excluding hydrogens is 402 g/mol. The Bertz CT molecular complexity index is 1150. The Hall–Kier alpha value is -2.42. The smallest absolute Gasteiger partial charge is 0.255 e. The van der Waals surface area contributed by atoms with Gasteiger partial charge in [-0.3, -0.25) is 4.79 Å². The van der Waals surface area contributed by atoms with Gasteiger partial charge in [-0.05, 0) is 36.4 Å². The minimum absolute atomic E-state index is 0.0514. The van der Waals surface area contributed by atoms with Gasteiger partial charge in [0, 0.05) is 31.3 Å². The van der Waals surface area contributed by atoms with E-state index in [4.69, 9.17) is 16.0 Å². The van der Waals surface area contributed by atoms with Crippen molar-refractivity contribution in [3.8, 4) is 0 Å². The Morgan fingerprint density at radius 2 is 1.89 bits per heavy atom. The van der Waals surface area contributed by atoms with Crippen molar-refractivity contribution in [2.24, 2.45) is 0 Å². The Morgan fingerprint density at radius 1 is 1.18 bits per heavy atom. The molecule has 0 saturated carbocycles. The fraction of sp³-hybridized carbons (Fsp3) is 0.263. The number of nitrogens with one attached hydrogen (secondary N) is 1. The van der Waals surface area contributed by atoms with Crippen molar-refractivity contribution in [2.45, 2.75) is 24.7 Å². The van der Waals surface area contributed by atoms with Crippen LogP contribution < -0.4 is 5.32 Å². The molecule has 0 saturated heterocycles. The number of anilines is 1. The van der Waals surface area contributed by atoms with Gasteiger partial charge < -0.3 is 9.73 Å². The Kier molecular flexibility index (Phi) is 5.47. The highest BCUT2D eigenvalue weighted by atomic mass is 35.5. The molecular formula is C19H20ClN3O4S. The van der Waals surface area contributed by atoms with Gasteiger partial charge in [0.15, 0.2) is 11.5 Å². The van der Waals surface area contributed by atoms with Crippen LogP contribution in [0.1, 0.15) is 36.0 Å². The van der Waals surface area contributed by atoms with Crippen LogP contribution in [0.5, 0.6) is 0 Å². The van der Waals surface area contributed by atoms with Gasteiger partial charge in [0.1, 0.15) is 10.4 Å². The summed E-state index contributed by atoms with van der Waals surface area (Å²) in [4.78, 5) is 16.9. The average Bonchev–Trinajstić information content (AvgIpc) is 3.05. The van der Waals surface area contributed by atoms with Crippen molar-refractivity contribution < 1.29 is 17.6 Å². The van der Waals surface area contributed by atoms with E-state index in [0.717, 1.165) is 4.31 Å². The molecule has 0 radical (unpaired) electrons. The molecule has 1 amide bonds. The number of sulfonamides is 1. The van der Waals surface area contributed by atoms with Crippen molar-refractivity contribution in [3.05, 3.63) is 52.9 Å². The number of hydrogen-bond acceptors (Lipinski definition) is 5. The molecule has 0 atom stereocenters. The zero-order valence-corrected chi connectivity index (χ0v) is 17.4. The van der Waals surface area contributed by atoms with E-state index in [0.29, 0.717) is 22.7 Å². The maximum absolute atomic E-state index is 12.6. The summed E-state index contributed by atoms with van der Waals surface area (Å²) in [6.45, 7) is 3.96. The topological polar surface area (TPSA) is 92.5 Å². The average molecular weight is 422 g/mol. The van der Waals surface area contributed by atoms with Crippen molar-refractivity contribution in [3.63, 3.8) is 0 Å². The molecule has 1 aromatic heterocycles. The molecule has 3 rings (SSSR count). The molecule has 0 aliphatic heterocycles. The Balaban J connectivity index is 1.90. The van der Waals surface area contributed by atoms with E-state index in [9.17, 15) is 13.2 Å². The summed E-state index contributed by atoms with van der Waals surface area (Å²) in [6.07, 6.45) is 0. The van der Waals surface area contributed by atoms with Gasteiger partial charge in [-0.1, -0.05) is 25.4 Å². The maximum Gasteiger partial charge on any atom is 0.255 e. The normalized spacial score (nSPS) is 12.1. The number of carbonyl (C=O) groups is 1. The number of benzene rings is 2. The second kappa shape index (κ2) is 7.54. The maximum atomic E-state index is 12.6. The van der Waals surface area contributed by atoms with Crippen LogP contribution >= 0.6 is 11.6 Å². The number of hydrogen-bond donors (Lipinski definition) is 1. The van der Waals surface area contributed by atoms with Crippen molar-refractivity contribution in [1.82, 2.24) is 9.29 Å². The zero-order valence-electron chi connectivity index (χ0n) is 15.9. The van der Waals surface area contributed by atoms with E-state index >= 15 is 0 Å². The number of halogens is 1. The first-order valence-electron chi connectivity index (χ1n) is 8.53. The second-order valence-corrected chi connectivity index (χ2v) is 9.30. The van der Waals surface area contributed by atoms with Crippen LogP contribution in [-0.4, -0.2) is 37.7 Å². The number of fused-ring (bicyclic) bond motifs is 1. The third-order valence-corrected chi connectivity index (χ3v) is 6.40. The van der Waals surface area contributed by atoms with Crippen LogP contribution in [0.4, 0.5) is 5.69 Å². The minimum Gasteiger partial charge on any atom is -0.440 e. The number of oxazole rings is 1. The molecule has 7 nitrogen and oxygen atoms in total. The molecule has 0 spiro atoms. The van der Waals surface area contributed by atoms with Gasteiger partial charge in [0.05, 0.1) is 5.02 Å². The largest absolute Gasteiger partial charge is 0.440 e. The van der Waals surface area contributed by atoms with Gasteiger partial charge in [0.25, 0.3) is 5.91 Å². The summed E-state index contributed by atoms with van der Waals surface area (Å²) in [5.41, 5.74) is 1.96. The zero-order chi connectivity index (χ0) is 20.6. The summed E-state index contributed by atoms with van der Waals surface area (Å²) in [5, 5.41) is 2.80. The summed E-state index contributed by atoms with van der Waals surface area (Å²) in [5.74, 6) is 0.310. The summed E-state index contributed by atoms with van der Waals surface area (Å²) in [7, 11) is -0.972. The van der Waals surface area contributed by atoms with Crippen LogP contribution in [0.2, 0.25) is 5.02 Å². The molecule has 0 aliphatic carbocycles. The molecule has 0 bridgehead atoms. The van der Waals surface area contributed by atoms with Gasteiger partial charge in [0.2, 0.25) is 10.0 Å². The quantitative estimate of drug-likeness (QED) is 0.669. The molecule has 3 aromatic rings. The van der Waals surface area contributed by atoms with Crippen molar-refractivity contribution >= 4 is 44.3 Å².